The lowest BCUT2D eigenvalue weighted by atomic mass is 9.96. The topological polar surface area (TPSA) is 76.7 Å². The second-order valence-corrected chi connectivity index (χ2v) is 11.1. The van der Waals surface area contributed by atoms with Crippen molar-refractivity contribution in [3.05, 3.63) is 53.9 Å². The van der Waals surface area contributed by atoms with Crippen LogP contribution in [0.1, 0.15) is 61.0 Å². The summed E-state index contributed by atoms with van der Waals surface area (Å²) in [4.78, 5) is 27.4. The first-order valence-electron chi connectivity index (χ1n) is 12.3. The highest BCUT2D eigenvalue weighted by molar-refractivity contribution is 6.43. The number of carbonyl (C=O) groups excluding carboxylic acids is 2. The number of nitrogens with zero attached hydrogens (tertiary/aromatic N) is 2. The molecule has 2 amide bonds. The zero-order valence-electron chi connectivity index (χ0n) is 19.7. The number of carbonyl (C=O) groups is 2. The van der Waals surface area contributed by atoms with E-state index in [2.05, 4.69) is 5.32 Å². The quantitative estimate of drug-likeness (QED) is 0.292. The number of alkyl halides is 3. The third-order valence-corrected chi connectivity index (χ3v) is 7.73. The Bertz CT molecular complexity index is 1230. The van der Waals surface area contributed by atoms with Crippen LogP contribution in [0.2, 0.25) is 0 Å². The second kappa shape index (κ2) is 10.6. The molecule has 0 spiro atoms. The van der Waals surface area contributed by atoms with Gasteiger partial charge >= 0.3 is 0 Å². The van der Waals surface area contributed by atoms with Crippen molar-refractivity contribution < 1.29 is 18.7 Å². The number of ether oxygens (including phenoxy) is 1. The van der Waals surface area contributed by atoms with Gasteiger partial charge in [0.15, 0.2) is 5.58 Å². The van der Waals surface area contributed by atoms with Gasteiger partial charge in [-0.25, -0.2) is 0 Å². The fraction of sp³-hybridized carbons (Fsp3) is 0.462. The highest BCUT2D eigenvalue weighted by atomic mass is 35.5. The molecule has 7 nitrogen and oxygen atoms in total. The average Bonchev–Trinajstić information content (AvgIpc) is 3.41. The van der Waals surface area contributed by atoms with Crippen LogP contribution >= 0.6 is 34.8 Å². The summed E-state index contributed by atoms with van der Waals surface area (Å²) in [6, 6.07) is 10.5. The van der Waals surface area contributed by atoms with E-state index in [-0.39, 0.29) is 30.9 Å². The van der Waals surface area contributed by atoms with Gasteiger partial charge in [0.2, 0.25) is 10.0 Å². The van der Waals surface area contributed by atoms with Gasteiger partial charge in [0, 0.05) is 24.7 Å². The predicted molar refractivity (Wildman–Crippen MR) is 139 cm³/mol. The first-order valence-corrected chi connectivity index (χ1v) is 13.5. The maximum absolute atomic E-state index is 13.8. The minimum Gasteiger partial charge on any atom is -0.463 e. The lowest BCUT2D eigenvalue weighted by molar-refractivity contribution is -0.130. The van der Waals surface area contributed by atoms with Crippen molar-refractivity contribution in [2.45, 2.75) is 74.1 Å². The molecule has 192 valence electrons. The smallest absolute Gasteiger partial charge is 0.272 e. The number of amides is 2. The van der Waals surface area contributed by atoms with Gasteiger partial charge in [-0.15, -0.1) is 0 Å². The number of furan rings is 1. The van der Waals surface area contributed by atoms with E-state index in [4.69, 9.17) is 44.0 Å². The molecule has 5 rings (SSSR count). The molecule has 2 aliphatic rings. The molecule has 1 aromatic carbocycles. The first-order chi connectivity index (χ1) is 17.3. The van der Waals surface area contributed by atoms with E-state index in [0.29, 0.717) is 17.0 Å². The largest absolute Gasteiger partial charge is 0.463 e. The number of nitrogens with one attached hydrogen (secondary N) is 1. The van der Waals surface area contributed by atoms with Gasteiger partial charge < -0.3 is 23.9 Å². The maximum atomic E-state index is 13.8. The number of hydrogen-bond acceptors (Lipinski definition) is 4. The van der Waals surface area contributed by atoms with E-state index in [1.165, 1.54) is 24.2 Å². The van der Waals surface area contributed by atoms with E-state index in [0.717, 1.165) is 36.8 Å². The number of aromatic nitrogens is 1. The van der Waals surface area contributed by atoms with Crippen LogP contribution in [0.15, 0.2) is 47.1 Å². The van der Waals surface area contributed by atoms with Crippen LogP contribution < -0.4 is 10.1 Å². The van der Waals surface area contributed by atoms with Crippen molar-refractivity contribution in [1.29, 1.82) is 0 Å². The normalized spacial score (nSPS) is 21.3. The summed E-state index contributed by atoms with van der Waals surface area (Å²) in [5.41, 5.74) is 2.54. The van der Waals surface area contributed by atoms with Crippen LogP contribution in [0.5, 0.6) is 5.75 Å². The Morgan fingerprint density at radius 1 is 1.11 bits per heavy atom. The van der Waals surface area contributed by atoms with Crippen molar-refractivity contribution in [1.82, 2.24) is 14.8 Å². The molecular weight excluding hydrogens is 525 g/mol. The number of hydrogen-bond donors (Lipinski definition) is 1. The lowest BCUT2D eigenvalue weighted by Crippen LogP contribution is -2.63. The van der Waals surface area contributed by atoms with Crippen molar-refractivity contribution in [3.8, 4) is 5.75 Å². The molecule has 10 heteroatoms. The number of benzene rings is 1. The first kappa shape index (κ1) is 25.3. The van der Waals surface area contributed by atoms with Crippen molar-refractivity contribution in [2.75, 3.05) is 0 Å². The molecule has 1 unspecified atom stereocenters. The molecule has 1 atom stereocenters. The van der Waals surface area contributed by atoms with Crippen LogP contribution in [0.4, 0.5) is 0 Å². The van der Waals surface area contributed by atoms with Gasteiger partial charge in [0.05, 0.1) is 18.3 Å². The van der Waals surface area contributed by atoms with Crippen LogP contribution in [0.3, 0.4) is 0 Å². The van der Waals surface area contributed by atoms with Crippen LogP contribution in [0, 0.1) is 0 Å². The Hall–Kier alpha value is -2.35. The fourth-order valence-electron chi connectivity index (χ4n) is 5.17. The molecule has 2 aromatic heterocycles. The summed E-state index contributed by atoms with van der Waals surface area (Å²) in [5, 5.41) is 2.19. The summed E-state index contributed by atoms with van der Waals surface area (Å²) in [6.07, 6.45) is 9.10. The van der Waals surface area contributed by atoms with Gasteiger partial charge in [0.25, 0.3) is 11.8 Å². The summed E-state index contributed by atoms with van der Waals surface area (Å²) in [5.74, 6) is -0.198. The Labute approximate surface area is 224 Å². The molecule has 0 radical (unpaired) electrons. The molecule has 3 heterocycles. The standard InChI is InChI=1S/C26H28Cl3N3O4/c27-25(28)36-19-10-8-17(9-11-19)15-32-23(33)21-14-22-20(12-13-35-22)31(21)16-26(32,29)24(34)30-18-6-4-2-1-3-5-7-18/h8-14,18,25H,1-7,15-16H2,(H,30,34). The Kier molecular flexibility index (Phi) is 7.42. The number of halogens is 3. The second-order valence-electron chi connectivity index (χ2n) is 9.47. The molecule has 1 saturated carbocycles. The summed E-state index contributed by atoms with van der Waals surface area (Å²) in [6.45, 7) is 0.247. The zero-order chi connectivity index (χ0) is 25.3. The predicted octanol–water partition coefficient (Wildman–Crippen LogP) is 6.19. The molecule has 1 aliphatic carbocycles. The summed E-state index contributed by atoms with van der Waals surface area (Å²) in [7, 11) is 0. The van der Waals surface area contributed by atoms with E-state index in [1.807, 2.05) is 0 Å². The Balaban J connectivity index is 1.45. The van der Waals surface area contributed by atoms with E-state index in [9.17, 15) is 9.59 Å². The maximum Gasteiger partial charge on any atom is 0.272 e. The average molecular weight is 553 g/mol. The summed E-state index contributed by atoms with van der Waals surface area (Å²) >= 11 is 18.5. The van der Waals surface area contributed by atoms with Crippen LogP contribution in [-0.4, -0.2) is 37.3 Å². The third kappa shape index (κ3) is 5.06. The molecule has 0 bridgehead atoms. The zero-order valence-corrected chi connectivity index (χ0v) is 22.0. The third-order valence-electron chi connectivity index (χ3n) is 7.06. The number of rotatable bonds is 6. The fourth-order valence-corrected chi connectivity index (χ4v) is 5.68. The SMILES string of the molecule is O=C1c2cc3occc3n2CC(Cl)(C(=O)NC2CCCCCCC2)N1Cc1ccc(OC(Cl)Cl)cc1. The van der Waals surface area contributed by atoms with Crippen LogP contribution in [0.25, 0.3) is 11.1 Å². The van der Waals surface area contributed by atoms with Gasteiger partial charge in [-0.3, -0.25) is 9.59 Å². The van der Waals surface area contributed by atoms with Gasteiger partial charge in [-0.2, -0.15) is 0 Å². The molecule has 3 aromatic rings. The number of fused-ring (bicyclic) bond motifs is 3. The van der Waals surface area contributed by atoms with Crippen molar-refractivity contribution in [2.24, 2.45) is 0 Å². The highest BCUT2D eigenvalue weighted by Gasteiger charge is 2.50. The minimum atomic E-state index is -1.61. The van der Waals surface area contributed by atoms with E-state index < -0.39 is 10.0 Å². The molecular formula is C26H28Cl3N3O4. The van der Waals surface area contributed by atoms with Crippen molar-refractivity contribution in [3.63, 3.8) is 0 Å². The summed E-state index contributed by atoms with van der Waals surface area (Å²) < 4.78 is 12.6. The van der Waals surface area contributed by atoms with E-state index >= 15 is 0 Å². The highest BCUT2D eigenvalue weighted by Crippen LogP contribution is 2.37. The van der Waals surface area contributed by atoms with Gasteiger partial charge in [-0.1, -0.05) is 79.0 Å². The van der Waals surface area contributed by atoms with Gasteiger partial charge in [-0.05, 0) is 30.5 Å². The molecule has 1 fully saturated rings. The molecule has 1 aliphatic heterocycles. The van der Waals surface area contributed by atoms with Crippen molar-refractivity contribution >= 4 is 57.7 Å². The Morgan fingerprint density at radius 3 is 2.50 bits per heavy atom. The minimum absolute atomic E-state index is 0.0425. The molecule has 0 saturated heterocycles. The van der Waals surface area contributed by atoms with Gasteiger partial charge in [0.1, 0.15) is 11.4 Å². The molecule has 1 N–H and O–H groups in total. The van der Waals surface area contributed by atoms with E-state index in [1.54, 1.807) is 47.2 Å². The Morgan fingerprint density at radius 2 is 1.81 bits per heavy atom. The molecule has 36 heavy (non-hydrogen) atoms. The lowest BCUT2D eigenvalue weighted by Gasteiger charge is -2.42. The monoisotopic (exact) mass is 551 g/mol. The van der Waals surface area contributed by atoms with Crippen LogP contribution in [-0.2, 0) is 17.9 Å².